The van der Waals surface area contributed by atoms with Crippen LogP contribution in [0.2, 0.25) is 0 Å². The van der Waals surface area contributed by atoms with Gasteiger partial charge in [-0.2, -0.15) is 5.26 Å². The molecule has 2 aromatic carbocycles. The molecular weight excluding hydrogens is 318 g/mol. The van der Waals surface area contributed by atoms with E-state index >= 15 is 0 Å². The van der Waals surface area contributed by atoms with Crippen LogP contribution in [0.25, 0.3) is 6.08 Å². The second-order valence-corrected chi connectivity index (χ2v) is 5.44. The number of hydrogen-bond acceptors (Lipinski definition) is 4. The van der Waals surface area contributed by atoms with Crippen molar-refractivity contribution in [2.24, 2.45) is 0 Å². The molecule has 0 saturated carbocycles. The van der Waals surface area contributed by atoms with Gasteiger partial charge in [0, 0.05) is 0 Å². The van der Waals surface area contributed by atoms with E-state index in [1.54, 1.807) is 30.3 Å². The highest BCUT2D eigenvalue weighted by atomic mass is 16.5. The van der Waals surface area contributed by atoms with E-state index in [-0.39, 0.29) is 5.57 Å². The molecule has 0 aliphatic carbocycles. The van der Waals surface area contributed by atoms with Crippen LogP contribution in [0.5, 0.6) is 11.5 Å². The number of aryl methyl sites for hydroxylation is 1. The van der Waals surface area contributed by atoms with Crippen molar-refractivity contribution in [1.82, 2.24) is 0 Å². The van der Waals surface area contributed by atoms with Crippen LogP contribution in [0.15, 0.2) is 48.0 Å². The third kappa shape index (κ3) is 5.11. The zero-order valence-electron chi connectivity index (χ0n) is 14.2. The summed E-state index contributed by atoms with van der Waals surface area (Å²) >= 11 is 0. The number of ether oxygens (including phenoxy) is 2. The quantitative estimate of drug-likeness (QED) is 0.473. The number of carboxylic acids is 1. The molecule has 0 aliphatic heterocycles. The molecule has 0 heterocycles. The normalized spacial score (nSPS) is 10.8. The SMILES string of the molecule is Cc1cccc(OCCOc2cccc(C=C(C#N)C(=O)O)c2)c1C. The lowest BCUT2D eigenvalue weighted by atomic mass is 10.1. The Bertz CT molecular complexity index is 834. The minimum atomic E-state index is -1.25. The van der Waals surface area contributed by atoms with Gasteiger partial charge in [0.1, 0.15) is 36.4 Å². The van der Waals surface area contributed by atoms with Crippen molar-refractivity contribution in [2.75, 3.05) is 13.2 Å². The summed E-state index contributed by atoms with van der Waals surface area (Å²) in [5, 5.41) is 17.7. The van der Waals surface area contributed by atoms with Crippen molar-refractivity contribution >= 4 is 12.0 Å². The summed E-state index contributed by atoms with van der Waals surface area (Å²) in [5.74, 6) is 0.164. The molecule has 0 fully saturated rings. The van der Waals surface area contributed by atoms with Crippen LogP contribution in [0, 0.1) is 25.2 Å². The standard InChI is InChI=1S/C20H19NO4/c1-14-5-3-8-19(15(14)2)25-10-9-24-18-7-4-6-16(12-18)11-17(13-21)20(22)23/h3-8,11-12H,9-10H2,1-2H3,(H,22,23). The van der Waals surface area contributed by atoms with Crippen molar-refractivity contribution in [1.29, 1.82) is 5.26 Å². The third-order valence-corrected chi connectivity index (χ3v) is 3.68. The number of hydrogen-bond donors (Lipinski definition) is 1. The summed E-state index contributed by atoms with van der Waals surface area (Å²) in [6, 6.07) is 14.4. The second-order valence-electron chi connectivity index (χ2n) is 5.44. The lowest BCUT2D eigenvalue weighted by Gasteiger charge is -2.12. The maximum absolute atomic E-state index is 10.9. The molecule has 0 atom stereocenters. The average molecular weight is 337 g/mol. The zero-order chi connectivity index (χ0) is 18.2. The van der Waals surface area contributed by atoms with Crippen molar-refractivity contribution in [3.8, 4) is 17.6 Å². The molecule has 5 nitrogen and oxygen atoms in total. The molecule has 0 spiro atoms. The smallest absolute Gasteiger partial charge is 0.346 e. The first-order valence-corrected chi connectivity index (χ1v) is 7.78. The maximum Gasteiger partial charge on any atom is 0.346 e. The van der Waals surface area contributed by atoms with E-state index in [1.165, 1.54) is 11.6 Å². The molecule has 25 heavy (non-hydrogen) atoms. The number of carboxylic acid groups (broad SMARTS) is 1. The van der Waals surface area contributed by atoms with Gasteiger partial charge in [-0.05, 0) is 54.8 Å². The van der Waals surface area contributed by atoms with Gasteiger partial charge in [0.05, 0.1) is 0 Å². The highest BCUT2D eigenvalue weighted by Gasteiger charge is 2.06. The van der Waals surface area contributed by atoms with Gasteiger partial charge in [0.25, 0.3) is 0 Å². The zero-order valence-corrected chi connectivity index (χ0v) is 14.2. The Hall–Kier alpha value is -3.26. The lowest BCUT2D eigenvalue weighted by molar-refractivity contribution is -0.132. The molecule has 2 aromatic rings. The van der Waals surface area contributed by atoms with Crippen LogP contribution in [-0.2, 0) is 4.79 Å². The molecule has 2 rings (SSSR count). The van der Waals surface area contributed by atoms with Gasteiger partial charge < -0.3 is 14.6 Å². The van der Waals surface area contributed by atoms with E-state index in [1.807, 2.05) is 32.0 Å². The molecule has 0 radical (unpaired) electrons. The first kappa shape index (κ1) is 18.1. The van der Waals surface area contributed by atoms with Crippen molar-refractivity contribution in [3.05, 3.63) is 64.7 Å². The van der Waals surface area contributed by atoms with Crippen LogP contribution >= 0.6 is 0 Å². The third-order valence-electron chi connectivity index (χ3n) is 3.68. The summed E-state index contributed by atoms with van der Waals surface area (Å²) in [6.45, 7) is 4.79. The number of benzene rings is 2. The van der Waals surface area contributed by atoms with Crippen LogP contribution in [0.4, 0.5) is 0 Å². The van der Waals surface area contributed by atoms with Gasteiger partial charge in [0.2, 0.25) is 0 Å². The molecule has 0 amide bonds. The maximum atomic E-state index is 10.9. The van der Waals surface area contributed by atoms with Crippen LogP contribution in [-0.4, -0.2) is 24.3 Å². The number of nitriles is 1. The Morgan fingerprint density at radius 2 is 1.88 bits per heavy atom. The Morgan fingerprint density at radius 3 is 2.60 bits per heavy atom. The predicted octanol–water partition coefficient (Wildman–Crippen LogP) is 3.75. The Kier molecular flexibility index (Phi) is 6.19. The molecule has 5 heteroatoms. The van der Waals surface area contributed by atoms with E-state index in [9.17, 15) is 4.79 Å². The summed E-state index contributed by atoms with van der Waals surface area (Å²) in [4.78, 5) is 10.9. The largest absolute Gasteiger partial charge is 0.490 e. The fourth-order valence-corrected chi connectivity index (χ4v) is 2.19. The predicted molar refractivity (Wildman–Crippen MR) is 94.6 cm³/mol. The number of nitrogens with zero attached hydrogens (tertiary/aromatic N) is 1. The molecular formula is C20H19NO4. The first-order chi connectivity index (χ1) is 12.0. The van der Waals surface area contributed by atoms with Gasteiger partial charge in [-0.1, -0.05) is 24.3 Å². The molecule has 0 unspecified atom stereocenters. The first-order valence-electron chi connectivity index (χ1n) is 7.78. The van der Waals surface area contributed by atoms with E-state index in [0.717, 1.165) is 11.3 Å². The van der Waals surface area contributed by atoms with Gasteiger partial charge >= 0.3 is 5.97 Å². The molecule has 0 aliphatic rings. The minimum Gasteiger partial charge on any atom is -0.490 e. The molecule has 128 valence electrons. The van der Waals surface area contributed by atoms with Crippen molar-refractivity contribution in [2.45, 2.75) is 13.8 Å². The monoisotopic (exact) mass is 337 g/mol. The van der Waals surface area contributed by atoms with Gasteiger partial charge in [-0.15, -0.1) is 0 Å². The summed E-state index contributed by atoms with van der Waals surface area (Å²) in [5.41, 5.74) is 2.54. The topological polar surface area (TPSA) is 79.5 Å². The molecule has 1 N–H and O–H groups in total. The van der Waals surface area contributed by atoms with Crippen LogP contribution < -0.4 is 9.47 Å². The number of rotatable bonds is 7. The fraction of sp³-hybridized carbons (Fsp3) is 0.200. The van der Waals surface area contributed by atoms with Crippen LogP contribution in [0.3, 0.4) is 0 Å². The van der Waals surface area contributed by atoms with E-state index in [4.69, 9.17) is 19.8 Å². The Balaban J connectivity index is 1.94. The summed E-state index contributed by atoms with van der Waals surface area (Å²) < 4.78 is 11.4. The van der Waals surface area contributed by atoms with Gasteiger partial charge in [-0.3, -0.25) is 0 Å². The van der Waals surface area contributed by atoms with E-state index in [2.05, 4.69) is 0 Å². The van der Waals surface area contributed by atoms with Crippen molar-refractivity contribution < 1.29 is 19.4 Å². The van der Waals surface area contributed by atoms with Gasteiger partial charge in [-0.25, -0.2) is 4.79 Å². The minimum absolute atomic E-state index is 0.324. The molecule has 0 saturated heterocycles. The molecule has 0 bridgehead atoms. The second kappa shape index (κ2) is 8.55. The number of carbonyl (C=O) groups is 1. The van der Waals surface area contributed by atoms with Crippen LogP contribution in [0.1, 0.15) is 16.7 Å². The van der Waals surface area contributed by atoms with Gasteiger partial charge in [0.15, 0.2) is 0 Å². The van der Waals surface area contributed by atoms with Crippen molar-refractivity contribution in [3.63, 3.8) is 0 Å². The molecule has 0 aromatic heterocycles. The number of aliphatic carboxylic acids is 1. The Morgan fingerprint density at radius 1 is 1.16 bits per heavy atom. The lowest BCUT2D eigenvalue weighted by Crippen LogP contribution is -2.09. The highest BCUT2D eigenvalue weighted by molar-refractivity contribution is 5.96. The Labute approximate surface area is 146 Å². The summed E-state index contributed by atoms with van der Waals surface area (Å²) in [7, 11) is 0. The van der Waals surface area contributed by atoms with E-state index < -0.39 is 5.97 Å². The fourth-order valence-electron chi connectivity index (χ4n) is 2.19. The highest BCUT2D eigenvalue weighted by Crippen LogP contribution is 2.20. The van der Waals surface area contributed by atoms with E-state index in [0.29, 0.717) is 24.5 Å². The average Bonchev–Trinajstić information content (AvgIpc) is 2.60. The summed E-state index contributed by atoms with van der Waals surface area (Å²) in [6.07, 6.45) is 1.31.